The Balaban J connectivity index is 2.64. The molecule has 1 aliphatic rings. The van der Waals surface area contributed by atoms with E-state index in [-0.39, 0.29) is 0 Å². The van der Waals surface area contributed by atoms with E-state index in [0.717, 1.165) is 24.6 Å². The van der Waals surface area contributed by atoms with Crippen LogP contribution in [0.5, 0.6) is 0 Å². The monoisotopic (exact) mass is 163 g/mol. The van der Waals surface area contributed by atoms with Gasteiger partial charge >= 0.3 is 0 Å². The van der Waals surface area contributed by atoms with Crippen molar-refractivity contribution in [3.8, 4) is 0 Å². The summed E-state index contributed by atoms with van der Waals surface area (Å²) in [5.74, 6) is 1.72. The highest BCUT2D eigenvalue weighted by Crippen LogP contribution is 2.03. The van der Waals surface area contributed by atoms with Gasteiger partial charge in [-0.05, 0) is 7.05 Å². The Bertz CT molecular complexity index is 204. The smallest absolute Gasteiger partial charge is 0.178 e. The maximum Gasteiger partial charge on any atom is 0.178 e. The molecule has 1 aliphatic heterocycles. The van der Waals surface area contributed by atoms with Crippen LogP contribution in [0, 0.1) is 0 Å². The molecule has 0 amide bonds. The van der Waals surface area contributed by atoms with Crippen molar-refractivity contribution in [2.24, 2.45) is 4.36 Å². The van der Waals surface area contributed by atoms with E-state index in [1.165, 1.54) is 0 Å². The minimum absolute atomic E-state index is 0.861. The lowest BCUT2D eigenvalue weighted by molar-refractivity contribution is 0.366. The maximum absolute atomic E-state index is 9.69. The molecule has 0 unspecified atom stereocenters. The first kappa shape index (κ1) is 8.01. The maximum atomic E-state index is 9.69. The molecule has 1 N–H and O–H groups in total. The van der Waals surface area contributed by atoms with Crippen LogP contribution in [0.3, 0.4) is 0 Å². The molecule has 1 saturated heterocycles. The first-order valence-corrected chi connectivity index (χ1v) is 5.35. The second kappa shape index (κ2) is 2.88. The van der Waals surface area contributed by atoms with Gasteiger partial charge in [-0.1, -0.05) is 0 Å². The minimum Gasteiger partial charge on any atom is -0.304 e. The third-order valence-electron chi connectivity index (χ3n) is 1.94. The van der Waals surface area contributed by atoms with Crippen molar-refractivity contribution < 1.29 is 4.21 Å². The third kappa shape index (κ3) is 1.70. The van der Waals surface area contributed by atoms with Crippen LogP contribution in [0.15, 0.2) is 4.36 Å². The van der Waals surface area contributed by atoms with Crippen molar-refractivity contribution in [1.29, 1.82) is 0 Å². The summed E-state index contributed by atoms with van der Waals surface area (Å²) in [6.45, 7) is 1.98. The van der Waals surface area contributed by atoms with Crippen LogP contribution < -0.4 is 0 Å². The van der Waals surface area contributed by atoms with Gasteiger partial charge in [0.05, 0.1) is 11.5 Å². The third-order valence-corrected chi connectivity index (χ3v) is 4.29. The Morgan fingerprint density at radius 2 is 1.90 bits per heavy atom. The topological polar surface area (TPSA) is 37.0 Å². The normalized spacial score (nSPS) is 26.2. The van der Waals surface area contributed by atoms with Crippen molar-refractivity contribution >= 4 is 9.73 Å². The summed E-state index contributed by atoms with van der Waals surface area (Å²) in [7, 11) is 2.27. The molecule has 1 fully saturated rings. The van der Waals surface area contributed by atoms with Crippen molar-refractivity contribution in [3.05, 3.63) is 0 Å². The molecule has 3 nitrogen and oxygen atoms in total. The molecule has 0 radical (unpaired) electrons. The van der Waals surface area contributed by atoms with Gasteiger partial charge in [-0.25, -0.2) is 4.21 Å². The largest absolute Gasteiger partial charge is 0.304 e. The van der Waals surface area contributed by atoms with Crippen LogP contribution in [-0.4, -0.2) is 47.8 Å². The first-order valence-electron chi connectivity index (χ1n) is 3.47. The Morgan fingerprint density at radius 3 is 2.30 bits per heavy atom. The summed E-state index contributed by atoms with van der Waals surface area (Å²) in [6, 6.07) is 0. The Labute approximate surface area is 62.6 Å². The fourth-order valence-corrected chi connectivity index (χ4v) is 2.78. The molecule has 0 atom stereocenters. The van der Waals surface area contributed by atoms with E-state index in [0.29, 0.717) is 0 Å². The van der Waals surface area contributed by atoms with Crippen LogP contribution in [0.1, 0.15) is 0 Å². The van der Waals surface area contributed by atoms with E-state index in [1.54, 1.807) is 7.05 Å². The van der Waals surface area contributed by atoms with E-state index >= 15 is 0 Å². The highest BCUT2D eigenvalue weighted by atomic mass is 32.2. The molecule has 0 aromatic rings. The number of nitrogens with zero attached hydrogens (tertiary/aromatic N) is 2. The summed E-state index contributed by atoms with van der Waals surface area (Å²) in [6.07, 6.45) is 0. The van der Waals surface area contributed by atoms with Crippen LogP contribution in [-0.2, 0) is 9.73 Å². The molecule has 0 aromatic heterocycles. The molecule has 0 bridgehead atoms. The number of hydrogen-bond acceptors (Lipinski definition) is 2. The van der Waals surface area contributed by atoms with Gasteiger partial charge in [-0.15, -0.1) is 0 Å². The predicted octanol–water partition coefficient (Wildman–Crippen LogP) is 0.187. The van der Waals surface area contributed by atoms with E-state index in [4.69, 9.17) is 0 Å². The average molecular weight is 163 g/mol. The molecule has 1 heterocycles. The van der Waals surface area contributed by atoms with Gasteiger partial charge in [0.25, 0.3) is 0 Å². The Morgan fingerprint density at radius 1 is 1.40 bits per heavy atom. The summed E-state index contributed by atoms with van der Waals surface area (Å²) in [5.41, 5.74) is 0. The van der Waals surface area contributed by atoms with E-state index in [1.807, 2.05) is 0 Å². The fourth-order valence-electron chi connectivity index (χ4n) is 1.00. The van der Waals surface area contributed by atoms with Gasteiger partial charge in [0.15, 0.2) is 9.73 Å². The van der Waals surface area contributed by atoms with Crippen LogP contribution in [0.25, 0.3) is 0 Å². The van der Waals surface area contributed by atoms with Gasteiger partial charge < -0.3 is 4.90 Å². The Kier molecular flexibility index (Phi) is 2.31. The SMILES string of the molecule is CN=S1(=[OH+])CCN(C)CC1. The Hall–Kier alpha value is -0.0900. The highest BCUT2D eigenvalue weighted by molar-refractivity contribution is 7.93. The molecular weight excluding hydrogens is 148 g/mol. The number of hydrogen-bond donors (Lipinski definition) is 0. The molecule has 0 spiro atoms. The van der Waals surface area contributed by atoms with Gasteiger partial charge in [-0.3, -0.25) is 0 Å². The molecule has 1 rings (SSSR count). The summed E-state index contributed by atoms with van der Waals surface area (Å²) < 4.78 is 13.7. The second-order valence-electron chi connectivity index (χ2n) is 2.70. The lowest BCUT2D eigenvalue weighted by atomic mass is 10.6. The molecule has 0 aliphatic carbocycles. The van der Waals surface area contributed by atoms with Crippen LogP contribution >= 0.6 is 0 Å². The van der Waals surface area contributed by atoms with Crippen molar-refractivity contribution in [3.63, 3.8) is 0 Å². The van der Waals surface area contributed by atoms with Crippen molar-refractivity contribution in [2.45, 2.75) is 0 Å². The summed E-state index contributed by atoms with van der Waals surface area (Å²) in [4.78, 5) is 2.23. The summed E-state index contributed by atoms with van der Waals surface area (Å²) >= 11 is 0. The van der Waals surface area contributed by atoms with Gasteiger partial charge in [0.1, 0.15) is 0 Å². The quantitative estimate of drug-likeness (QED) is 0.470. The average Bonchev–Trinajstić information content (AvgIpc) is 1.96. The first-order chi connectivity index (χ1) is 4.66. The van der Waals surface area contributed by atoms with Crippen LogP contribution in [0.2, 0.25) is 0 Å². The molecule has 0 saturated carbocycles. The van der Waals surface area contributed by atoms with Crippen LogP contribution in [0.4, 0.5) is 0 Å². The van der Waals surface area contributed by atoms with E-state index < -0.39 is 9.73 Å². The van der Waals surface area contributed by atoms with Gasteiger partial charge in [0, 0.05) is 20.1 Å². The summed E-state index contributed by atoms with van der Waals surface area (Å²) in [5, 5.41) is 0. The fraction of sp³-hybridized carbons (Fsp3) is 1.00. The highest BCUT2D eigenvalue weighted by Gasteiger charge is 2.20. The second-order valence-corrected chi connectivity index (χ2v) is 5.48. The zero-order valence-electron chi connectivity index (χ0n) is 6.58. The molecule has 60 valence electrons. The number of rotatable bonds is 0. The zero-order valence-corrected chi connectivity index (χ0v) is 7.39. The van der Waals surface area contributed by atoms with Crippen molar-refractivity contribution in [2.75, 3.05) is 38.7 Å². The van der Waals surface area contributed by atoms with Gasteiger partial charge in [-0.2, -0.15) is 4.36 Å². The van der Waals surface area contributed by atoms with E-state index in [2.05, 4.69) is 16.3 Å². The minimum atomic E-state index is -1.53. The lowest BCUT2D eigenvalue weighted by Gasteiger charge is -2.21. The van der Waals surface area contributed by atoms with Crippen molar-refractivity contribution in [1.82, 2.24) is 4.90 Å². The predicted molar refractivity (Wildman–Crippen MR) is 44.9 cm³/mol. The van der Waals surface area contributed by atoms with Gasteiger partial charge in [0.2, 0.25) is 0 Å². The standard InChI is InChI=1S/C6H14N2OS/c1-7-10(9)5-3-8(2)4-6-10/h3-6H2,1-2H3/p+1. The lowest BCUT2D eigenvalue weighted by Crippen LogP contribution is -2.37. The zero-order chi connectivity index (χ0) is 7.61. The molecule has 0 aromatic carbocycles. The van der Waals surface area contributed by atoms with E-state index in [9.17, 15) is 4.21 Å². The molecule has 10 heavy (non-hydrogen) atoms. The molecule has 4 heteroatoms. The molecular formula is C6H15N2OS+.